The van der Waals surface area contributed by atoms with Crippen molar-refractivity contribution >= 4 is 39.2 Å². The van der Waals surface area contributed by atoms with Crippen LogP contribution in [0.5, 0.6) is 0 Å². The number of nitrogens with zero attached hydrogens (tertiary/aromatic N) is 2. The van der Waals surface area contributed by atoms with Crippen LogP contribution in [0.3, 0.4) is 0 Å². The Morgan fingerprint density at radius 3 is 3.00 bits per heavy atom. The van der Waals surface area contributed by atoms with E-state index in [0.717, 1.165) is 27.7 Å². The van der Waals surface area contributed by atoms with Gasteiger partial charge in [0.25, 0.3) is 0 Å². The molecule has 0 aliphatic rings. The van der Waals surface area contributed by atoms with Gasteiger partial charge >= 0.3 is 0 Å². The van der Waals surface area contributed by atoms with Gasteiger partial charge in [0.15, 0.2) is 4.34 Å². The number of thioether (sulfide) groups is 1. The van der Waals surface area contributed by atoms with Gasteiger partial charge in [-0.3, -0.25) is 0 Å². The van der Waals surface area contributed by atoms with Crippen LogP contribution >= 0.6 is 39.2 Å². The molecule has 2 nitrogen and oxygen atoms in total. The Morgan fingerprint density at radius 2 is 2.45 bits per heavy atom. The molecule has 0 radical (unpaired) electrons. The van der Waals surface area contributed by atoms with E-state index >= 15 is 0 Å². The van der Waals surface area contributed by atoms with Gasteiger partial charge in [-0.15, -0.1) is 0 Å². The van der Waals surface area contributed by atoms with Gasteiger partial charge in [0.2, 0.25) is 0 Å². The van der Waals surface area contributed by atoms with Gasteiger partial charge in [0, 0.05) is 17.5 Å². The molecule has 11 heavy (non-hydrogen) atoms. The highest BCUT2D eigenvalue weighted by Gasteiger charge is 2.00. The first-order chi connectivity index (χ1) is 5.36. The maximum Gasteiger partial charge on any atom is 0.170 e. The number of hydrogen-bond donors (Lipinski definition) is 0. The standard InChI is InChI=1S/C6H9BrN2S2/c1-2-5-8-6(11-9-5)10-4-3-7/h2-4H2,1H3. The predicted molar refractivity (Wildman–Crippen MR) is 53.8 cm³/mol. The van der Waals surface area contributed by atoms with Crippen LogP contribution in [0.15, 0.2) is 4.34 Å². The van der Waals surface area contributed by atoms with Gasteiger partial charge in [-0.05, 0) is 11.5 Å². The number of aromatic nitrogens is 2. The van der Waals surface area contributed by atoms with E-state index in [4.69, 9.17) is 0 Å². The molecule has 1 rings (SSSR count). The second kappa shape index (κ2) is 5.11. The molecule has 0 atom stereocenters. The van der Waals surface area contributed by atoms with Crippen molar-refractivity contribution in [1.29, 1.82) is 0 Å². The van der Waals surface area contributed by atoms with E-state index in [9.17, 15) is 0 Å². The van der Waals surface area contributed by atoms with Crippen LogP contribution in [0.25, 0.3) is 0 Å². The highest BCUT2D eigenvalue weighted by molar-refractivity contribution is 9.09. The van der Waals surface area contributed by atoms with E-state index in [1.807, 2.05) is 0 Å². The van der Waals surface area contributed by atoms with Crippen LogP contribution in [-0.2, 0) is 6.42 Å². The second-order valence-corrected chi connectivity index (χ2v) is 4.75. The average molecular weight is 253 g/mol. The first-order valence-corrected chi connectivity index (χ1v) is 6.26. The van der Waals surface area contributed by atoms with Gasteiger partial charge in [-0.1, -0.05) is 34.6 Å². The molecule has 0 fully saturated rings. The number of hydrogen-bond acceptors (Lipinski definition) is 4. The van der Waals surface area contributed by atoms with E-state index in [2.05, 4.69) is 32.2 Å². The quantitative estimate of drug-likeness (QED) is 0.609. The molecule has 0 bridgehead atoms. The van der Waals surface area contributed by atoms with Crippen LogP contribution < -0.4 is 0 Å². The van der Waals surface area contributed by atoms with Gasteiger partial charge in [0.05, 0.1) is 0 Å². The molecule has 0 spiro atoms. The predicted octanol–water partition coefficient (Wildman–Crippen LogP) is 2.59. The molecule has 1 aromatic heterocycles. The zero-order chi connectivity index (χ0) is 8.10. The van der Waals surface area contributed by atoms with Crippen molar-refractivity contribution in [2.24, 2.45) is 0 Å². The summed E-state index contributed by atoms with van der Waals surface area (Å²) in [5.74, 6) is 2.03. The van der Waals surface area contributed by atoms with Crippen molar-refractivity contribution in [3.05, 3.63) is 5.82 Å². The lowest BCUT2D eigenvalue weighted by Crippen LogP contribution is -1.82. The zero-order valence-electron chi connectivity index (χ0n) is 6.21. The number of alkyl halides is 1. The molecule has 0 aliphatic carbocycles. The Balaban J connectivity index is 2.44. The molecule has 1 aromatic rings. The third kappa shape index (κ3) is 3.09. The Kier molecular flexibility index (Phi) is 4.40. The van der Waals surface area contributed by atoms with Crippen LogP contribution in [0.2, 0.25) is 0 Å². The topological polar surface area (TPSA) is 25.8 Å². The van der Waals surface area contributed by atoms with E-state index < -0.39 is 0 Å². The third-order valence-electron chi connectivity index (χ3n) is 1.07. The molecule has 1 heterocycles. The average Bonchev–Trinajstić information content (AvgIpc) is 2.48. The fourth-order valence-electron chi connectivity index (χ4n) is 0.566. The number of halogens is 1. The third-order valence-corrected chi connectivity index (χ3v) is 3.86. The molecule has 0 amide bonds. The first kappa shape index (κ1) is 9.48. The Hall–Kier alpha value is 0.390. The molecule has 0 saturated carbocycles. The SMILES string of the molecule is CCc1nsc(SCCBr)n1. The van der Waals surface area contributed by atoms with Crippen molar-refractivity contribution < 1.29 is 0 Å². The summed E-state index contributed by atoms with van der Waals surface area (Å²) in [4.78, 5) is 4.32. The lowest BCUT2D eigenvalue weighted by atomic mass is 10.5. The van der Waals surface area contributed by atoms with Crippen molar-refractivity contribution in [2.75, 3.05) is 11.1 Å². The summed E-state index contributed by atoms with van der Waals surface area (Å²) in [7, 11) is 0. The fourth-order valence-corrected chi connectivity index (χ4v) is 2.55. The maximum absolute atomic E-state index is 4.32. The zero-order valence-corrected chi connectivity index (χ0v) is 9.43. The summed E-state index contributed by atoms with van der Waals surface area (Å²) in [6, 6.07) is 0. The molecule has 0 N–H and O–H groups in total. The van der Waals surface area contributed by atoms with Crippen molar-refractivity contribution in [3.8, 4) is 0 Å². The van der Waals surface area contributed by atoms with Gasteiger partial charge in [-0.25, -0.2) is 4.98 Å². The smallest absolute Gasteiger partial charge is 0.170 e. The molecule has 62 valence electrons. The van der Waals surface area contributed by atoms with E-state index in [-0.39, 0.29) is 0 Å². The summed E-state index contributed by atoms with van der Waals surface area (Å²) in [5.41, 5.74) is 0. The summed E-state index contributed by atoms with van der Waals surface area (Å²) in [5, 5.41) is 1.01. The van der Waals surface area contributed by atoms with E-state index in [0.29, 0.717) is 0 Å². The van der Waals surface area contributed by atoms with Gasteiger partial charge in [0.1, 0.15) is 5.82 Å². The number of aryl methyl sites for hydroxylation is 1. The van der Waals surface area contributed by atoms with Gasteiger partial charge < -0.3 is 0 Å². The van der Waals surface area contributed by atoms with Crippen LogP contribution in [-0.4, -0.2) is 20.4 Å². The Morgan fingerprint density at radius 1 is 1.64 bits per heavy atom. The molecular formula is C6H9BrN2S2. The summed E-state index contributed by atoms with van der Waals surface area (Å²) in [6.07, 6.45) is 0.936. The summed E-state index contributed by atoms with van der Waals surface area (Å²) in [6.45, 7) is 2.07. The monoisotopic (exact) mass is 252 g/mol. The van der Waals surface area contributed by atoms with Crippen molar-refractivity contribution in [3.63, 3.8) is 0 Å². The molecular weight excluding hydrogens is 244 g/mol. The lowest BCUT2D eigenvalue weighted by molar-refractivity contribution is 0.972. The number of rotatable bonds is 4. The molecule has 5 heteroatoms. The highest BCUT2D eigenvalue weighted by atomic mass is 79.9. The van der Waals surface area contributed by atoms with Crippen molar-refractivity contribution in [2.45, 2.75) is 17.7 Å². The van der Waals surface area contributed by atoms with Crippen LogP contribution in [0.4, 0.5) is 0 Å². The van der Waals surface area contributed by atoms with Crippen LogP contribution in [0, 0.1) is 0 Å². The first-order valence-electron chi connectivity index (χ1n) is 3.38. The van der Waals surface area contributed by atoms with Crippen LogP contribution in [0.1, 0.15) is 12.7 Å². The second-order valence-electron chi connectivity index (χ2n) is 1.87. The Bertz CT molecular complexity index is 214. The lowest BCUT2D eigenvalue weighted by Gasteiger charge is -1.88. The van der Waals surface area contributed by atoms with Crippen molar-refractivity contribution in [1.82, 2.24) is 9.36 Å². The largest absolute Gasteiger partial charge is 0.213 e. The molecule has 0 aromatic carbocycles. The molecule has 0 aliphatic heterocycles. The molecule has 0 saturated heterocycles. The normalized spacial score (nSPS) is 10.4. The summed E-state index contributed by atoms with van der Waals surface area (Å²) >= 11 is 6.62. The maximum atomic E-state index is 4.32. The van der Waals surface area contributed by atoms with E-state index in [1.165, 1.54) is 11.5 Å². The minimum absolute atomic E-state index is 0.936. The minimum atomic E-state index is 0.936. The summed E-state index contributed by atoms with van der Waals surface area (Å²) < 4.78 is 5.27. The van der Waals surface area contributed by atoms with E-state index in [1.54, 1.807) is 11.8 Å². The minimum Gasteiger partial charge on any atom is -0.213 e. The van der Waals surface area contributed by atoms with Gasteiger partial charge in [-0.2, -0.15) is 4.37 Å². The molecule has 0 unspecified atom stereocenters. The highest BCUT2D eigenvalue weighted by Crippen LogP contribution is 2.20. The fraction of sp³-hybridized carbons (Fsp3) is 0.667. The Labute approximate surface area is 83.1 Å².